The fourth-order valence-corrected chi connectivity index (χ4v) is 2.07. The number of carbonyl (C=O) groups excluding carboxylic acids is 2. The van der Waals surface area contributed by atoms with Crippen molar-refractivity contribution < 1.29 is 14.3 Å². The van der Waals surface area contributed by atoms with Gasteiger partial charge in [0.05, 0.1) is 5.69 Å². The molecule has 0 saturated heterocycles. The molecule has 138 valence electrons. The number of amides is 2. The zero-order valence-corrected chi connectivity index (χ0v) is 15.2. The van der Waals surface area contributed by atoms with Gasteiger partial charge in [-0.2, -0.15) is 0 Å². The number of anilines is 3. The van der Waals surface area contributed by atoms with E-state index in [-0.39, 0.29) is 18.9 Å². The summed E-state index contributed by atoms with van der Waals surface area (Å²) in [6, 6.07) is 13.2. The lowest BCUT2D eigenvalue weighted by atomic mass is 10.2. The number of hydrogen-bond acceptors (Lipinski definition) is 5. The van der Waals surface area contributed by atoms with Crippen LogP contribution in [0.25, 0.3) is 0 Å². The van der Waals surface area contributed by atoms with Gasteiger partial charge in [0.15, 0.2) is 5.82 Å². The number of carbonyl (C=O) groups is 2. The number of pyridine rings is 1. The van der Waals surface area contributed by atoms with Gasteiger partial charge in [0.2, 0.25) is 5.91 Å². The zero-order valence-electron chi connectivity index (χ0n) is 15.2. The van der Waals surface area contributed by atoms with E-state index in [4.69, 9.17) is 4.74 Å². The highest BCUT2D eigenvalue weighted by Crippen LogP contribution is 2.22. The van der Waals surface area contributed by atoms with Crippen LogP contribution in [-0.2, 0) is 9.53 Å². The van der Waals surface area contributed by atoms with Crippen LogP contribution in [0.4, 0.5) is 22.0 Å². The predicted octanol–water partition coefficient (Wildman–Crippen LogP) is 3.68. The van der Waals surface area contributed by atoms with Crippen molar-refractivity contribution in [3.63, 3.8) is 0 Å². The van der Waals surface area contributed by atoms with Crippen molar-refractivity contribution in [2.24, 2.45) is 0 Å². The van der Waals surface area contributed by atoms with E-state index in [1.165, 1.54) is 0 Å². The lowest BCUT2D eigenvalue weighted by Crippen LogP contribution is -2.34. The summed E-state index contributed by atoms with van der Waals surface area (Å²) in [7, 11) is 0. The van der Waals surface area contributed by atoms with Crippen LogP contribution in [0.2, 0.25) is 0 Å². The van der Waals surface area contributed by atoms with Crippen molar-refractivity contribution >= 4 is 29.2 Å². The molecule has 1 aromatic carbocycles. The summed E-state index contributed by atoms with van der Waals surface area (Å²) in [4.78, 5) is 27.9. The molecule has 0 fully saturated rings. The number of para-hydroxylation sites is 1. The summed E-state index contributed by atoms with van der Waals surface area (Å²) in [5, 5.41) is 8.51. The van der Waals surface area contributed by atoms with E-state index in [0.29, 0.717) is 11.5 Å². The zero-order chi connectivity index (χ0) is 19.0. The second kappa shape index (κ2) is 8.84. The molecule has 2 rings (SSSR count). The van der Waals surface area contributed by atoms with Crippen molar-refractivity contribution in [1.29, 1.82) is 0 Å². The Morgan fingerprint density at radius 2 is 1.81 bits per heavy atom. The van der Waals surface area contributed by atoms with Gasteiger partial charge in [-0.05, 0) is 45.0 Å². The molecular weight excluding hydrogens is 332 g/mol. The fraction of sp³-hybridized carbons (Fsp3) is 0.316. The lowest BCUT2D eigenvalue weighted by Gasteiger charge is -2.19. The highest BCUT2D eigenvalue weighted by molar-refractivity contribution is 5.93. The first-order valence-electron chi connectivity index (χ1n) is 8.37. The first kappa shape index (κ1) is 19.2. The van der Waals surface area contributed by atoms with Gasteiger partial charge < -0.3 is 20.7 Å². The molecule has 26 heavy (non-hydrogen) atoms. The largest absolute Gasteiger partial charge is 0.444 e. The number of nitrogens with one attached hydrogen (secondary N) is 3. The van der Waals surface area contributed by atoms with Crippen LogP contribution in [0.15, 0.2) is 48.7 Å². The van der Waals surface area contributed by atoms with Gasteiger partial charge >= 0.3 is 6.09 Å². The molecule has 0 radical (unpaired) electrons. The second-order valence-electron chi connectivity index (χ2n) is 6.62. The van der Waals surface area contributed by atoms with Gasteiger partial charge in [0, 0.05) is 24.8 Å². The second-order valence-corrected chi connectivity index (χ2v) is 6.62. The summed E-state index contributed by atoms with van der Waals surface area (Å²) in [5.74, 6) is 0.175. The Hall–Kier alpha value is -3.09. The van der Waals surface area contributed by atoms with Crippen molar-refractivity contribution in [2.75, 3.05) is 17.2 Å². The standard InChI is InChI=1S/C19H24N4O3/c1-19(2,3)26-18(25)21-13-11-16(24)23-17-15(10-7-12-20-17)22-14-8-5-4-6-9-14/h4-10,12,22H,11,13H2,1-3H3,(H,21,25)(H,20,23,24). The monoisotopic (exact) mass is 356 g/mol. The van der Waals surface area contributed by atoms with Crippen LogP contribution in [0, 0.1) is 0 Å². The number of benzene rings is 1. The van der Waals surface area contributed by atoms with E-state index in [2.05, 4.69) is 20.9 Å². The molecule has 0 aliphatic heterocycles. The van der Waals surface area contributed by atoms with E-state index in [0.717, 1.165) is 5.69 Å². The fourth-order valence-electron chi connectivity index (χ4n) is 2.07. The molecule has 2 amide bonds. The first-order chi connectivity index (χ1) is 12.3. The molecule has 0 spiro atoms. The van der Waals surface area contributed by atoms with Crippen LogP contribution >= 0.6 is 0 Å². The average molecular weight is 356 g/mol. The average Bonchev–Trinajstić information content (AvgIpc) is 2.56. The minimum Gasteiger partial charge on any atom is -0.444 e. The molecule has 0 bridgehead atoms. The highest BCUT2D eigenvalue weighted by Gasteiger charge is 2.16. The molecule has 1 aromatic heterocycles. The normalized spacial score (nSPS) is 10.7. The summed E-state index contributed by atoms with van der Waals surface area (Å²) in [6.45, 7) is 5.51. The molecule has 0 atom stereocenters. The third-order valence-corrected chi connectivity index (χ3v) is 3.14. The Labute approximate surface area is 153 Å². The van der Waals surface area contributed by atoms with Crippen LogP contribution in [-0.4, -0.2) is 29.1 Å². The van der Waals surface area contributed by atoms with Gasteiger partial charge in [-0.15, -0.1) is 0 Å². The number of ether oxygens (including phenoxy) is 1. The third kappa shape index (κ3) is 6.80. The minimum atomic E-state index is -0.571. The van der Waals surface area contributed by atoms with Crippen molar-refractivity contribution in [1.82, 2.24) is 10.3 Å². The third-order valence-electron chi connectivity index (χ3n) is 3.14. The Balaban J connectivity index is 1.86. The van der Waals surface area contributed by atoms with Gasteiger partial charge in [-0.1, -0.05) is 18.2 Å². The van der Waals surface area contributed by atoms with Crippen LogP contribution < -0.4 is 16.0 Å². The summed E-state index contributed by atoms with van der Waals surface area (Å²) in [6.07, 6.45) is 1.17. The van der Waals surface area contributed by atoms with Gasteiger partial charge in [-0.25, -0.2) is 9.78 Å². The maximum absolute atomic E-state index is 12.1. The van der Waals surface area contributed by atoms with Crippen molar-refractivity contribution in [3.05, 3.63) is 48.7 Å². The Morgan fingerprint density at radius 1 is 1.08 bits per heavy atom. The van der Waals surface area contributed by atoms with Crippen molar-refractivity contribution in [2.45, 2.75) is 32.8 Å². The van der Waals surface area contributed by atoms with Crippen molar-refractivity contribution in [3.8, 4) is 0 Å². The SMILES string of the molecule is CC(C)(C)OC(=O)NCCC(=O)Nc1ncccc1Nc1ccccc1. The number of rotatable bonds is 6. The molecule has 2 aromatic rings. The molecule has 7 nitrogen and oxygen atoms in total. The van der Waals surface area contributed by atoms with Crippen LogP contribution in [0.3, 0.4) is 0 Å². The van der Waals surface area contributed by atoms with Gasteiger partial charge in [-0.3, -0.25) is 4.79 Å². The number of alkyl carbamates (subject to hydrolysis) is 1. The van der Waals surface area contributed by atoms with E-state index in [1.807, 2.05) is 36.4 Å². The molecule has 0 aliphatic rings. The molecular formula is C19H24N4O3. The molecule has 0 aliphatic carbocycles. The molecule has 1 heterocycles. The summed E-state index contributed by atoms with van der Waals surface area (Å²) >= 11 is 0. The Kier molecular flexibility index (Phi) is 6.54. The topological polar surface area (TPSA) is 92.3 Å². The maximum Gasteiger partial charge on any atom is 0.407 e. The smallest absolute Gasteiger partial charge is 0.407 e. The van der Waals surface area contributed by atoms with E-state index >= 15 is 0 Å². The predicted molar refractivity (Wildman–Crippen MR) is 101 cm³/mol. The quantitative estimate of drug-likeness (QED) is 0.734. The number of aromatic nitrogens is 1. The Bertz CT molecular complexity index is 742. The lowest BCUT2D eigenvalue weighted by molar-refractivity contribution is -0.116. The Morgan fingerprint density at radius 3 is 2.50 bits per heavy atom. The maximum atomic E-state index is 12.1. The number of nitrogens with zero attached hydrogens (tertiary/aromatic N) is 1. The molecule has 3 N–H and O–H groups in total. The van der Waals surface area contributed by atoms with Crippen LogP contribution in [0.1, 0.15) is 27.2 Å². The molecule has 0 saturated carbocycles. The summed E-state index contributed by atoms with van der Waals surface area (Å²) in [5.41, 5.74) is 1.01. The van der Waals surface area contributed by atoms with E-state index in [9.17, 15) is 9.59 Å². The first-order valence-corrected chi connectivity index (χ1v) is 8.37. The van der Waals surface area contributed by atoms with E-state index < -0.39 is 11.7 Å². The van der Waals surface area contributed by atoms with Crippen LogP contribution in [0.5, 0.6) is 0 Å². The molecule has 7 heteroatoms. The highest BCUT2D eigenvalue weighted by atomic mass is 16.6. The van der Waals surface area contributed by atoms with Gasteiger partial charge in [0.1, 0.15) is 5.60 Å². The molecule has 0 unspecified atom stereocenters. The summed E-state index contributed by atoms with van der Waals surface area (Å²) < 4.78 is 5.12. The number of hydrogen-bond donors (Lipinski definition) is 3. The van der Waals surface area contributed by atoms with Gasteiger partial charge in [0.25, 0.3) is 0 Å². The minimum absolute atomic E-state index is 0.112. The van der Waals surface area contributed by atoms with E-state index in [1.54, 1.807) is 33.0 Å².